The molecule has 1 N–H and O–H groups in total. The lowest BCUT2D eigenvalue weighted by atomic mass is 9.98. The van der Waals surface area contributed by atoms with E-state index in [4.69, 9.17) is 4.74 Å². The maximum Gasteiger partial charge on any atom is 0.0591 e. The molecule has 0 aliphatic carbocycles. The molecule has 1 aromatic rings. The number of hydrogen-bond donors (Lipinski definition) is 1. The Morgan fingerprint density at radius 3 is 2.44 bits per heavy atom. The van der Waals surface area contributed by atoms with Crippen molar-refractivity contribution in [3.8, 4) is 0 Å². The summed E-state index contributed by atoms with van der Waals surface area (Å²) in [5.41, 5.74) is 1.43. The summed E-state index contributed by atoms with van der Waals surface area (Å²) in [4.78, 5) is 0. The molecule has 1 aromatic carbocycles. The van der Waals surface area contributed by atoms with Gasteiger partial charge in [-0.3, -0.25) is 0 Å². The Kier molecular flexibility index (Phi) is 7.70. The van der Waals surface area contributed by atoms with Gasteiger partial charge in [-0.25, -0.2) is 0 Å². The number of rotatable bonds is 9. The van der Waals surface area contributed by atoms with Gasteiger partial charge in [-0.15, -0.1) is 0 Å². The van der Waals surface area contributed by atoms with E-state index < -0.39 is 0 Å². The molecule has 2 nitrogen and oxygen atoms in total. The topological polar surface area (TPSA) is 21.3 Å². The second-order valence-electron chi connectivity index (χ2n) is 5.32. The standard InChI is InChI=1S/C16H27NO/c1-14(2)13-18-12-11-17-10-9-15(3)16-7-5-4-6-8-16/h4-8,14-15,17H,9-13H2,1-3H3. The summed E-state index contributed by atoms with van der Waals surface area (Å²) in [6.45, 7) is 10.3. The van der Waals surface area contributed by atoms with Crippen molar-refractivity contribution in [1.29, 1.82) is 0 Å². The quantitative estimate of drug-likeness (QED) is 0.677. The van der Waals surface area contributed by atoms with Gasteiger partial charge in [0.25, 0.3) is 0 Å². The molecule has 1 atom stereocenters. The van der Waals surface area contributed by atoms with Gasteiger partial charge in [-0.2, -0.15) is 0 Å². The van der Waals surface area contributed by atoms with Crippen LogP contribution >= 0.6 is 0 Å². The molecule has 18 heavy (non-hydrogen) atoms. The van der Waals surface area contributed by atoms with Gasteiger partial charge in [-0.1, -0.05) is 51.1 Å². The van der Waals surface area contributed by atoms with Crippen molar-refractivity contribution < 1.29 is 4.74 Å². The Morgan fingerprint density at radius 1 is 1.06 bits per heavy atom. The second kappa shape index (κ2) is 9.12. The van der Waals surface area contributed by atoms with Gasteiger partial charge in [0.15, 0.2) is 0 Å². The molecule has 0 saturated carbocycles. The van der Waals surface area contributed by atoms with E-state index in [0.717, 1.165) is 26.3 Å². The normalized spacial score (nSPS) is 12.9. The molecule has 0 saturated heterocycles. The van der Waals surface area contributed by atoms with Gasteiger partial charge >= 0.3 is 0 Å². The fraction of sp³-hybridized carbons (Fsp3) is 0.625. The van der Waals surface area contributed by atoms with E-state index in [1.807, 2.05) is 0 Å². The van der Waals surface area contributed by atoms with Crippen LogP contribution in [0.5, 0.6) is 0 Å². The lowest BCUT2D eigenvalue weighted by Gasteiger charge is -2.12. The van der Waals surface area contributed by atoms with Crippen LogP contribution in [0.25, 0.3) is 0 Å². The molecule has 102 valence electrons. The van der Waals surface area contributed by atoms with Crippen molar-refractivity contribution in [3.05, 3.63) is 35.9 Å². The third kappa shape index (κ3) is 6.77. The zero-order valence-electron chi connectivity index (χ0n) is 12.0. The molecule has 2 heteroatoms. The summed E-state index contributed by atoms with van der Waals surface area (Å²) in [5, 5.41) is 3.43. The largest absolute Gasteiger partial charge is 0.380 e. The molecule has 0 aromatic heterocycles. The van der Waals surface area contributed by atoms with Crippen LogP contribution in [0.3, 0.4) is 0 Å². The van der Waals surface area contributed by atoms with Crippen LogP contribution < -0.4 is 5.32 Å². The predicted octanol–water partition coefficient (Wildman–Crippen LogP) is 3.44. The van der Waals surface area contributed by atoms with E-state index in [1.54, 1.807) is 0 Å². The summed E-state index contributed by atoms with van der Waals surface area (Å²) in [5.74, 6) is 1.25. The molecular weight excluding hydrogens is 222 g/mol. The van der Waals surface area contributed by atoms with E-state index in [0.29, 0.717) is 11.8 Å². The first kappa shape index (κ1) is 15.2. The highest BCUT2D eigenvalue weighted by Crippen LogP contribution is 2.17. The molecule has 0 aliphatic rings. The summed E-state index contributed by atoms with van der Waals surface area (Å²) in [6.07, 6.45) is 1.17. The monoisotopic (exact) mass is 249 g/mol. The van der Waals surface area contributed by atoms with Crippen molar-refractivity contribution in [3.63, 3.8) is 0 Å². The van der Waals surface area contributed by atoms with Crippen molar-refractivity contribution in [1.82, 2.24) is 5.32 Å². The SMILES string of the molecule is CC(C)COCCNCCC(C)c1ccccc1. The smallest absolute Gasteiger partial charge is 0.0591 e. The highest BCUT2D eigenvalue weighted by atomic mass is 16.5. The maximum absolute atomic E-state index is 5.52. The third-order valence-corrected chi connectivity index (χ3v) is 3.00. The number of hydrogen-bond acceptors (Lipinski definition) is 2. The zero-order chi connectivity index (χ0) is 13.2. The molecular formula is C16H27NO. The number of nitrogens with one attached hydrogen (secondary N) is 1. The average Bonchev–Trinajstić information content (AvgIpc) is 2.38. The Labute approximate surface area is 112 Å². The minimum atomic E-state index is 0.621. The van der Waals surface area contributed by atoms with Gasteiger partial charge in [-0.05, 0) is 30.4 Å². The Balaban J connectivity index is 2.01. The Hall–Kier alpha value is -0.860. The number of ether oxygens (including phenoxy) is 1. The summed E-state index contributed by atoms with van der Waals surface area (Å²) < 4.78 is 5.52. The van der Waals surface area contributed by atoms with Crippen LogP contribution in [-0.4, -0.2) is 26.3 Å². The minimum absolute atomic E-state index is 0.621. The van der Waals surface area contributed by atoms with Gasteiger partial charge in [0.05, 0.1) is 6.61 Å². The van der Waals surface area contributed by atoms with Gasteiger partial charge < -0.3 is 10.1 Å². The van der Waals surface area contributed by atoms with E-state index in [-0.39, 0.29) is 0 Å². The van der Waals surface area contributed by atoms with Crippen LogP contribution in [0.2, 0.25) is 0 Å². The molecule has 0 radical (unpaired) electrons. The van der Waals surface area contributed by atoms with Crippen LogP contribution in [0.4, 0.5) is 0 Å². The summed E-state index contributed by atoms with van der Waals surface area (Å²) in [7, 11) is 0. The Morgan fingerprint density at radius 2 is 1.78 bits per heavy atom. The first-order valence-corrected chi connectivity index (χ1v) is 7.03. The average molecular weight is 249 g/mol. The van der Waals surface area contributed by atoms with Crippen molar-refractivity contribution >= 4 is 0 Å². The first-order valence-electron chi connectivity index (χ1n) is 7.03. The fourth-order valence-electron chi connectivity index (χ4n) is 1.86. The van der Waals surface area contributed by atoms with Crippen molar-refractivity contribution in [2.75, 3.05) is 26.3 Å². The van der Waals surface area contributed by atoms with Crippen molar-refractivity contribution in [2.45, 2.75) is 33.1 Å². The molecule has 1 unspecified atom stereocenters. The third-order valence-electron chi connectivity index (χ3n) is 3.00. The minimum Gasteiger partial charge on any atom is -0.380 e. The van der Waals surface area contributed by atoms with Crippen LogP contribution in [-0.2, 0) is 4.74 Å². The first-order chi connectivity index (χ1) is 8.70. The van der Waals surface area contributed by atoms with E-state index >= 15 is 0 Å². The lowest BCUT2D eigenvalue weighted by Crippen LogP contribution is -2.22. The predicted molar refractivity (Wildman–Crippen MR) is 78.0 cm³/mol. The summed E-state index contributed by atoms with van der Waals surface area (Å²) in [6, 6.07) is 10.7. The fourth-order valence-corrected chi connectivity index (χ4v) is 1.86. The van der Waals surface area contributed by atoms with E-state index in [9.17, 15) is 0 Å². The molecule has 0 heterocycles. The molecule has 0 bridgehead atoms. The highest BCUT2D eigenvalue weighted by Gasteiger charge is 2.03. The van der Waals surface area contributed by atoms with Gasteiger partial charge in [0, 0.05) is 13.2 Å². The van der Waals surface area contributed by atoms with Crippen molar-refractivity contribution in [2.24, 2.45) is 5.92 Å². The molecule has 0 aliphatic heterocycles. The lowest BCUT2D eigenvalue weighted by molar-refractivity contribution is 0.112. The second-order valence-corrected chi connectivity index (χ2v) is 5.32. The van der Waals surface area contributed by atoms with E-state index in [2.05, 4.69) is 56.4 Å². The van der Waals surface area contributed by atoms with Crippen LogP contribution in [0.15, 0.2) is 30.3 Å². The Bertz CT molecular complexity index is 297. The number of benzene rings is 1. The highest BCUT2D eigenvalue weighted by molar-refractivity contribution is 5.18. The maximum atomic E-state index is 5.52. The molecule has 1 rings (SSSR count). The van der Waals surface area contributed by atoms with Gasteiger partial charge in [0.1, 0.15) is 0 Å². The van der Waals surface area contributed by atoms with E-state index in [1.165, 1.54) is 12.0 Å². The molecule has 0 fully saturated rings. The van der Waals surface area contributed by atoms with Crippen LogP contribution in [0.1, 0.15) is 38.7 Å². The molecule has 0 amide bonds. The van der Waals surface area contributed by atoms with Gasteiger partial charge in [0.2, 0.25) is 0 Å². The summed E-state index contributed by atoms with van der Waals surface area (Å²) >= 11 is 0. The zero-order valence-corrected chi connectivity index (χ0v) is 12.0. The van der Waals surface area contributed by atoms with Crippen LogP contribution in [0, 0.1) is 5.92 Å². The molecule has 0 spiro atoms.